The van der Waals surface area contributed by atoms with Crippen molar-refractivity contribution < 1.29 is 0 Å². The maximum Gasteiger partial charge on any atom is 0.267 e. The Morgan fingerprint density at radius 1 is 1.56 bits per heavy atom. The molecule has 1 aliphatic rings. The minimum absolute atomic E-state index is 0.165. The van der Waals surface area contributed by atoms with Crippen LogP contribution in [0, 0.1) is 0 Å². The van der Waals surface area contributed by atoms with E-state index in [2.05, 4.69) is 55.1 Å². The van der Waals surface area contributed by atoms with E-state index in [1.165, 1.54) is 6.33 Å². The highest BCUT2D eigenvalue weighted by molar-refractivity contribution is 9.10. The highest BCUT2D eigenvalue weighted by Crippen LogP contribution is 2.14. The molecular formula is C11H18BrN5O. The number of anilines is 1. The summed E-state index contributed by atoms with van der Waals surface area (Å²) < 4.78 is 0.455. The molecule has 0 aliphatic carbocycles. The van der Waals surface area contributed by atoms with Gasteiger partial charge in [-0.15, -0.1) is 0 Å². The van der Waals surface area contributed by atoms with Crippen molar-refractivity contribution in [1.29, 1.82) is 0 Å². The van der Waals surface area contributed by atoms with Crippen LogP contribution in [0.5, 0.6) is 0 Å². The van der Waals surface area contributed by atoms with Gasteiger partial charge in [0, 0.05) is 32.2 Å². The number of rotatable bonds is 3. The molecule has 1 fully saturated rings. The summed E-state index contributed by atoms with van der Waals surface area (Å²) in [7, 11) is 4.25. The highest BCUT2D eigenvalue weighted by Gasteiger charge is 2.22. The zero-order chi connectivity index (χ0) is 13.1. The van der Waals surface area contributed by atoms with Crippen LogP contribution in [0.3, 0.4) is 0 Å². The van der Waals surface area contributed by atoms with Gasteiger partial charge in [-0.25, -0.2) is 4.98 Å². The summed E-state index contributed by atoms with van der Waals surface area (Å²) >= 11 is 3.24. The second-order valence-corrected chi connectivity index (χ2v) is 5.46. The lowest BCUT2D eigenvalue weighted by Crippen LogP contribution is -2.52. The molecule has 1 atom stereocenters. The molecule has 0 aromatic carbocycles. The summed E-state index contributed by atoms with van der Waals surface area (Å²) in [5.41, 5.74) is -0.165. The number of halogens is 1. The molecule has 6 nitrogen and oxygen atoms in total. The average Bonchev–Trinajstić information content (AvgIpc) is 2.35. The first-order chi connectivity index (χ1) is 8.58. The van der Waals surface area contributed by atoms with Crippen molar-refractivity contribution in [2.45, 2.75) is 6.04 Å². The molecule has 0 spiro atoms. The van der Waals surface area contributed by atoms with Crippen LogP contribution < -0.4 is 10.9 Å². The maximum absolute atomic E-state index is 11.4. The van der Waals surface area contributed by atoms with Gasteiger partial charge in [0.15, 0.2) is 0 Å². The number of hydrogen-bond acceptors (Lipinski definition) is 5. The zero-order valence-corrected chi connectivity index (χ0v) is 12.2. The van der Waals surface area contributed by atoms with E-state index in [1.807, 2.05) is 0 Å². The lowest BCUT2D eigenvalue weighted by molar-refractivity contribution is 0.122. The smallest absolute Gasteiger partial charge is 0.267 e. The Bertz CT molecular complexity index is 463. The second kappa shape index (κ2) is 5.81. The Morgan fingerprint density at radius 3 is 3.11 bits per heavy atom. The SMILES string of the molecule is CN1CCN(C)C(CNc2nc[nH]c(=O)c2Br)C1. The van der Waals surface area contributed by atoms with Gasteiger partial charge in [-0.2, -0.15) is 0 Å². The monoisotopic (exact) mass is 315 g/mol. The van der Waals surface area contributed by atoms with E-state index < -0.39 is 0 Å². The molecule has 0 saturated carbocycles. The van der Waals surface area contributed by atoms with Gasteiger partial charge in [-0.3, -0.25) is 9.69 Å². The Balaban J connectivity index is 1.98. The van der Waals surface area contributed by atoms with E-state index >= 15 is 0 Å². The van der Waals surface area contributed by atoms with E-state index in [-0.39, 0.29) is 5.56 Å². The summed E-state index contributed by atoms with van der Waals surface area (Å²) in [6, 6.07) is 0.428. The summed E-state index contributed by atoms with van der Waals surface area (Å²) in [6.45, 7) is 3.95. The quantitative estimate of drug-likeness (QED) is 0.833. The van der Waals surface area contributed by atoms with E-state index in [0.717, 1.165) is 26.2 Å². The Morgan fingerprint density at radius 2 is 2.33 bits per heavy atom. The number of aromatic amines is 1. The minimum Gasteiger partial charge on any atom is -0.367 e. The van der Waals surface area contributed by atoms with Crippen LogP contribution in [0.4, 0.5) is 5.82 Å². The van der Waals surface area contributed by atoms with Crippen molar-refractivity contribution >= 4 is 21.7 Å². The molecule has 1 aromatic heterocycles. The summed E-state index contributed by atoms with van der Waals surface area (Å²) in [4.78, 5) is 22.7. The average molecular weight is 316 g/mol. The van der Waals surface area contributed by atoms with Gasteiger partial charge < -0.3 is 15.2 Å². The fourth-order valence-electron chi connectivity index (χ4n) is 2.04. The van der Waals surface area contributed by atoms with Crippen LogP contribution in [0.15, 0.2) is 15.6 Å². The molecular weight excluding hydrogens is 298 g/mol. The molecule has 1 aromatic rings. The van der Waals surface area contributed by atoms with Gasteiger partial charge >= 0.3 is 0 Å². The van der Waals surface area contributed by atoms with E-state index in [1.54, 1.807) is 0 Å². The number of hydrogen-bond donors (Lipinski definition) is 2. The molecule has 0 bridgehead atoms. The number of piperazine rings is 1. The second-order valence-electron chi connectivity index (χ2n) is 4.67. The predicted octanol–water partition coefficient (Wildman–Crippen LogP) is 0.190. The topological polar surface area (TPSA) is 64.3 Å². The van der Waals surface area contributed by atoms with Gasteiger partial charge in [0.25, 0.3) is 5.56 Å². The first-order valence-electron chi connectivity index (χ1n) is 5.93. The molecule has 0 amide bonds. The molecule has 1 unspecified atom stereocenters. The highest BCUT2D eigenvalue weighted by atomic mass is 79.9. The molecule has 0 radical (unpaired) electrons. The first kappa shape index (κ1) is 13.5. The van der Waals surface area contributed by atoms with Crippen molar-refractivity contribution in [3.05, 3.63) is 21.2 Å². The molecule has 100 valence electrons. The Kier molecular flexibility index (Phi) is 4.36. The van der Waals surface area contributed by atoms with Crippen LogP contribution in [0.1, 0.15) is 0 Å². The fourth-order valence-corrected chi connectivity index (χ4v) is 2.40. The van der Waals surface area contributed by atoms with Gasteiger partial charge in [-0.05, 0) is 30.0 Å². The zero-order valence-electron chi connectivity index (χ0n) is 10.6. The van der Waals surface area contributed by atoms with Gasteiger partial charge in [0.2, 0.25) is 0 Å². The molecule has 1 aliphatic heterocycles. The Hall–Kier alpha value is -0.920. The van der Waals surface area contributed by atoms with Crippen molar-refractivity contribution in [3.63, 3.8) is 0 Å². The van der Waals surface area contributed by atoms with E-state index in [0.29, 0.717) is 16.3 Å². The lowest BCUT2D eigenvalue weighted by Gasteiger charge is -2.37. The summed E-state index contributed by atoms with van der Waals surface area (Å²) in [6.07, 6.45) is 1.41. The standard InChI is InChI=1S/C11H18BrN5O/c1-16-3-4-17(2)8(6-16)5-13-10-9(12)11(18)15-7-14-10/h7-8H,3-6H2,1-2H3,(H2,13,14,15,18). The first-order valence-corrected chi connectivity index (χ1v) is 6.73. The van der Waals surface area contributed by atoms with Crippen LogP contribution in [0.25, 0.3) is 0 Å². The van der Waals surface area contributed by atoms with Crippen LogP contribution in [-0.4, -0.2) is 66.1 Å². The van der Waals surface area contributed by atoms with Gasteiger partial charge in [0.05, 0.1) is 6.33 Å². The largest absolute Gasteiger partial charge is 0.367 e. The third kappa shape index (κ3) is 3.09. The van der Waals surface area contributed by atoms with Gasteiger partial charge in [0.1, 0.15) is 10.3 Å². The van der Waals surface area contributed by atoms with E-state index in [4.69, 9.17) is 0 Å². The predicted molar refractivity (Wildman–Crippen MR) is 75.0 cm³/mol. The summed E-state index contributed by atoms with van der Waals surface area (Å²) in [5.74, 6) is 0.598. The third-order valence-electron chi connectivity index (χ3n) is 3.28. The summed E-state index contributed by atoms with van der Waals surface area (Å²) in [5, 5.41) is 3.23. The number of nitrogens with zero attached hydrogens (tertiary/aromatic N) is 3. The molecule has 2 heterocycles. The molecule has 2 rings (SSSR count). The van der Waals surface area contributed by atoms with E-state index in [9.17, 15) is 4.79 Å². The Labute approximate surface area is 115 Å². The third-order valence-corrected chi connectivity index (χ3v) is 4.02. The van der Waals surface area contributed by atoms with Crippen LogP contribution in [0.2, 0.25) is 0 Å². The number of nitrogens with one attached hydrogen (secondary N) is 2. The maximum atomic E-state index is 11.4. The van der Waals surface area contributed by atoms with Crippen LogP contribution >= 0.6 is 15.9 Å². The molecule has 1 saturated heterocycles. The fraction of sp³-hybridized carbons (Fsp3) is 0.636. The number of H-pyrrole nitrogens is 1. The molecule has 7 heteroatoms. The molecule has 2 N–H and O–H groups in total. The van der Waals surface area contributed by atoms with Crippen molar-refractivity contribution in [2.24, 2.45) is 0 Å². The van der Waals surface area contributed by atoms with Crippen molar-refractivity contribution in [2.75, 3.05) is 45.6 Å². The lowest BCUT2D eigenvalue weighted by atomic mass is 10.2. The minimum atomic E-state index is -0.165. The normalized spacial score (nSPS) is 22.1. The number of aromatic nitrogens is 2. The van der Waals surface area contributed by atoms with Crippen molar-refractivity contribution in [1.82, 2.24) is 19.8 Å². The van der Waals surface area contributed by atoms with Gasteiger partial charge in [-0.1, -0.05) is 0 Å². The number of likely N-dealkylation sites (N-methyl/N-ethyl adjacent to an activating group) is 2. The molecule has 18 heavy (non-hydrogen) atoms. The van der Waals surface area contributed by atoms with Crippen molar-refractivity contribution in [3.8, 4) is 0 Å². The van der Waals surface area contributed by atoms with Crippen LogP contribution in [-0.2, 0) is 0 Å².